The lowest BCUT2D eigenvalue weighted by molar-refractivity contribution is -0.146. The van der Waals surface area contributed by atoms with E-state index in [1.165, 1.54) is 6.33 Å². The Balaban J connectivity index is 1.35. The number of imidazole rings is 1. The summed E-state index contributed by atoms with van der Waals surface area (Å²) >= 11 is 0. The van der Waals surface area contributed by atoms with Gasteiger partial charge in [-0.25, -0.2) is 9.78 Å². The van der Waals surface area contributed by atoms with Gasteiger partial charge < -0.3 is 24.9 Å². The Hall–Kier alpha value is -7.04. The van der Waals surface area contributed by atoms with Gasteiger partial charge in [0.2, 0.25) is 0 Å². The van der Waals surface area contributed by atoms with E-state index in [0.717, 1.165) is 16.7 Å². The Labute approximate surface area is 343 Å². The number of ether oxygens (including phenoxy) is 2. The van der Waals surface area contributed by atoms with Gasteiger partial charge in [-0.2, -0.15) is 0 Å². The zero-order valence-electron chi connectivity index (χ0n) is 32.5. The number of rotatable bonds is 18. The second-order valence-electron chi connectivity index (χ2n) is 14.5. The number of alkyl carbamates (subject to hydrolysis) is 1. The molecule has 0 spiro atoms. The van der Waals surface area contributed by atoms with Gasteiger partial charge in [0.15, 0.2) is 5.78 Å². The fourth-order valence-corrected chi connectivity index (χ4v) is 8.09. The quantitative estimate of drug-likeness (QED) is 0.0791. The van der Waals surface area contributed by atoms with E-state index in [1.807, 2.05) is 175 Å². The number of carbonyl (C=O) groups excluding carboxylic acids is 2. The summed E-state index contributed by atoms with van der Waals surface area (Å²) in [6, 6.07) is 44.8. The monoisotopic (exact) mass is 786 g/mol. The van der Waals surface area contributed by atoms with Crippen molar-refractivity contribution in [3.63, 3.8) is 0 Å². The molecule has 0 bridgehead atoms. The molecule has 1 aromatic heterocycles. The van der Waals surface area contributed by atoms with Crippen LogP contribution in [0.15, 0.2) is 182 Å². The first-order valence-corrected chi connectivity index (χ1v) is 19.5. The molecule has 298 valence electrons. The maximum Gasteiger partial charge on any atom is 0.408 e. The number of carboxylic acid groups (broad SMARTS) is 1. The molecule has 10 nitrogen and oxygen atoms in total. The first-order valence-electron chi connectivity index (χ1n) is 19.5. The zero-order valence-corrected chi connectivity index (χ0v) is 32.5. The van der Waals surface area contributed by atoms with Crippen molar-refractivity contribution in [2.45, 2.75) is 44.2 Å². The minimum absolute atomic E-state index is 0.00582. The summed E-state index contributed by atoms with van der Waals surface area (Å²) in [5.41, 5.74) is 1.73. The normalized spacial score (nSPS) is 15.3. The Bertz CT molecular complexity index is 2290. The lowest BCUT2D eigenvalue weighted by Gasteiger charge is -2.56. The predicted molar refractivity (Wildman–Crippen MR) is 225 cm³/mol. The van der Waals surface area contributed by atoms with E-state index in [0.29, 0.717) is 29.2 Å². The summed E-state index contributed by atoms with van der Waals surface area (Å²) in [6.45, 7) is 0.111. The Morgan fingerprint density at radius 3 is 1.90 bits per heavy atom. The van der Waals surface area contributed by atoms with Gasteiger partial charge in [0.1, 0.15) is 19.0 Å². The summed E-state index contributed by atoms with van der Waals surface area (Å²) in [4.78, 5) is 52.0. The zero-order chi connectivity index (χ0) is 40.9. The SMILES string of the molecule is O=C(O)CN(Cc1ccc(OCc2ccccc2)cc1)C(c1ccccc1)(c1ccccc1)C1(C(=O)[C@H](Cc2cnc[nH]2)NC(=O)OCc2ccccc2)C=CC=CC1. The number of amides is 1. The number of ketones is 1. The van der Waals surface area contributed by atoms with Crippen molar-refractivity contribution in [3.8, 4) is 5.75 Å². The maximum absolute atomic E-state index is 16.0. The second-order valence-corrected chi connectivity index (χ2v) is 14.5. The number of hydrogen-bond acceptors (Lipinski definition) is 7. The third kappa shape index (κ3) is 9.24. The highest BCUT2D eigenvalue weighted by atomic mass is 16.5. The van der Waals surface area contributed by atoms with Crippen molar-refractivity contribution < 1.29 is 29.0 Å². The number of aromatic nitrogens is 2. The number of nitrogens with one attached hydrogen (secondary N) is 2. The molecule has 5 aromatic carbocycles. The highest BCUT2D eigenvalue weighted by Crippen LogP contribution is 2.55. The number of nitrogens with zero attached hydrogens (tertiary/aromatic N) is 2. The molecule has 0 saturated heterocycles. The summed E-state index contributed by atoms with van der Waals surface area (Å²) in [6.07, 6.45) is 10.2. The second kappa shape index (κ2) is 18.9. The van der Waals surface area contributed by atoms with E-state index in [9.17, 15) is 14.7 Å². The highest BCUT2D eigenvalue weighted by molar-refractivity contribution is 5.96. The van der Waals surface area contributed by atoms with Crippen molar-refractivity contribution in [1.29, 1.82) is 0 Å². The lowest BCUT2D eigenvalue weighted by Crippen LogP contribution is -2.64. The first-order chi connectivity index (χ1) is 28.9. The number of hydrogen-bond donors (Lipinski definition) is 3. The van der Waals surface area contributed by atoms with Crippen molar-refractivity contribution in [3.05, 3.63) is 216 Å². The molecule has 1 unspecified atom stereocenters. The number of carboxylic acids is 1. The van der Waals surface area contributed by atoms with E-state index in [1.54, 1.807) is 6.20 Å². The topological polar surface area (TPSA) is 134 Å². The van der Waals surface area contributed by atoms with Gasteiger partial charge in [-0.3, -0.25) is 14.5 Å². The van der Waals surface area contributed by atoms with Crippen molar-refractivity contribution >= 4 is 17.8 Å². The van der Waals surface area contributed by atoms with Gasteiger partial charge in [0.25, 0.3) is 0 Å². The molecule has 0 radical (unpaired) electrons. The molecule has 2 atom stereocenters. The molecule has 1 aliphatic carbocycles. The van der Waals surface area contributed by atoms with E-state index < -0.39 is 35.6 Å². The van der Waals surface area contributed by atoms with Crippen molar-refractivity contribution in [1.82, 2.24) is 20.2 Å². The van der Waals surface area contributed by atoms with E-state index in [2.05, 4.69) is 15.3 Å². The summed E-state index contributed by atoms with van der Waals surface area (Å²) in [5, 5.41) is 13.7. The number of H-pyrrole nitrogens is 1. The van der Waals surface area contributed by atoms with Crippen LogP contribution in [0.4, 0.5) is 4.79 Å². The molecule has 10 heteroatoms. The fraction of sp³-hybridized carbons (Fsp3) is 0.184. The van der Waals surface area contributed by atoms with E-state index >= 15 is 4.79 Å². The number of aromatic amines is 1. The van der Waals surface area contributed by atoms with E-state index in [4.69, 9.17) is 9.47 Å². The molecule has 0 aliphatic heterocycles. The number of aliphatic carboxylic acids is 1. The smallest absolute Gasteiger partial charge is 0.408 e. The molecule has 1 heterocycles. The molecule has 59 heavy (non-hydrogen) atoms. The number of benzene rings is 5. The Morgan fingerprint density at radius 2 is 1.36 bits per heavy atom. The van der Waals surface area contributed by atoms with Crippen LogP contribution in [0.3, 0.4) is 0 Å². The Morgan fingerprint density at radius 1 is 0.763 bits per heavy atom. The molecule has 3 N–H and O–H groups in total. The van der Waals surface area contributed by atoms with Gasteiger partial charge >= 0.3 is 12.1 Å². The molecule has 6 aromatic rings. The summed E-state index contributed by atoms with van der Waals surface area (Å²) in [7, 11) is 0. The fourth-order valence-electron chi connectivity index (χ4n) is 8.09. The molecule has 1 amide bonds. The van der Waals surface area contributed by atoms with Gasteiger partial charge in [0, 0.05) is 24.9 Å². The molecular weight excluding hydrogens is 741 g/mol. The van der Waals surface area contributed by atoms with Crippen molar-refractivity contribution in [2.24, 2.45) is 5.41 Å². The number of Topliss-reactive ketones (excluding diaryl/α,β-unsaturated/α-hetero) is 1. The van der Waals surface area contributed by atoms with Gasteiger partial charge in [-0.05, 0) is 46.4 Å². The molecule has 0 fully saturated rings. The van der Waals surface area contributed by atoms with Crippen LogP contribution in [0.2, 0.25) is 0 Å². The standard InChI is InChI=1S/C49H46N4O6/c54-45(55)33-53(32-37-24-26-43(27-25-37)58-34-38-16-6-1-7-17-38)49(40-20-10-3-11-21-40,41-22-12-4-13-23-41)48(28-14-5-15-29-48)46(56)44(30-42-31-50-36-51-42)52-47(57)59-35-39-18-8-2-9-19-39/h1-28,31,36,44H,29-30,32-35H2,(H,50,51)(H,52,57)(H,54,55)/t44-,48?/m0/s1. The van der Waals surface area contributed by atoms with Crippen LogP contribution < -0.4 is 10.1 Å². The summed E-state index contributed by atoms with van der Waals surface area (Å²) < 4.78 is 11.8. The van der Waals surface area contributed by atoms with Crippen LogP contribution in [-0.2, 0) is 46.0 Å². The van der Waals surface area contributed by atoms with E-state index in [-0.39, 0.29) is 31.8 Å². The van der Waals surface area contributed by atoms with Crippen LogP contribution in [-0.4, -0.2) is 50.4 Å². The molecule has 7 rings (SSSR count). The van der Waals surface area contributed by atoms with Gasteiger partial charge in [-0.1, -0.05) is 158 Å². The minimum atomic E-state index is -1.49. The van der Waals surface area contributed by atoms with Crippen LogP contribution in [0.1, 0.15) is 39.9 Å². The van der Waals surface area contributed by atoms with Crippen LogP contribution >= 0.6 is 0 Å². The number of allylic oxidation sites excluding steroid dienone is 3. The van der Waals surface area contributed by atoms with Gasteiger partial charge in [-0.15, -0.1) is 0 Å². The number of carbonyl (C=O) groups is 3. The van der Waals surface area contributed by atoms with Crippen LogP contribution in [0.25, 0.3) is 0 Å². The molecule has 1 aliphatic rings. The summed E-state index contributed by atoms with van der Waals surface area (Å²) in [5.74, 6) is -0.741. The third-order valence-electron chi connectivity index (χ3n) is 10.7. The third-order valence-corrected chi connectivity index (χ3v) is 10.7. The minimum Gasteiger partial charge on any atom is -0.489 e. The predicted octanol–water partition coefficient (Wildman–Crippen LogP) is 8.43. The van der Waals surface area contributed by atoms with Crippen LogP contribution in [0, 0.1) is 5.41 Å². The molecular formula is C49H46N4O6. The highest BCUT2D eigenvalue weighted by Gasteiger charge is 2.61. The largest absolute Gasteiger partial charge is 0.489 e. The first kappa shape index (κ1) is 40.2. The lowest BCUT2D eigenvalue weighted by atomic mass is 9.55. The van der Waals surface area contributed by atoms with Crippen molar-refractivity contribution in [2.75, 3.05) is 6.54 Å². The van der Waals surface area contributed by atoms with Gasteiger partial charge in [0.05, 0.1) is 29.9 Å². The average molecular weight is 787 g/mol. The average Bonchev–Trinajstić information content (AvgIpc) is 3.80. The molecule has 0 saturated carbocycles. The van der Waals surface area contributed by atoms with Crippen LogP contribution in [0.5, 0.6) is 5.75 Å². The maximum atomic E-state index is 16.0. The Kier molecular flexibility index (Phi) is 12.9.